The first-order valence-corrected chi connectivity index (χ1v) is 13.1. The van der Waals surface area contributed by atoms with Gasteiger partial charge in [0.15, 0.2) is 0 Å². The van der Waals surface area contributed by atoms with Gasteiger partial charge in [-0.05, 0) is 41.5 Å². The molecule has 1 atom stereocenters. The van der Waals surface area contributed by atoms with Crippen molar-refractivity contribution in [1.29, 1.82) is 0 Å². The zero-order valence-corrected chi connectivity index (χ0v) is 21.5. The Hall–Kier alpha value is -3.49. The summed E-state index contributed by atoms with van der Waals surface area (Å²) in [6, 6.07) is 12.2. The van der Waals surface area contributed by atoms with Crippen LogP contribution in [0.5, 0.6) is 0 Å². The Kier molecular flexibility index (Phi) is 7.98. The number of nitrogens with zero attached hydrogens (tertiary/aromatic N) is 3. The summed E-state index contributed by atoms with van der Waals surface area (Å²) in [5, 5.41) is 13.4. The summed E-state index contributed by atoms with van der Waals surface area (Å²) in [4.78, 5) is -0.107. The van der Waals surface area contributed by atoms with Gasteiger partial charge >= 0.3 is 12.1 Å². The topological polar surface area (TPSA) is 73.2 Å². The number of rotatable bonds is 8. The molecule has 4 rings (SSSR count). The smallest absolute Gasteiger partial charge is 0.395 e. The van der Waals surface area contributed by atoms with Crippen LogP contribution in [0.15, 0.2) is 76.7 Å². The van der Waals surface area contributed by atoms with E-state index in [1.807, 2.05) is 0 Å². The number of benzene rings is 3. The molecule has 14 heteroatoms. The molecule has 1 aliphatic heterocycles. The highest BCUT2D eigenvalue weighted by atomic mass is 32.2. The van der Waals surface area contributed by atoms with Gasteiger partial charge in [-0.3, -0.25) is 5.01 Å². The van der Waals surface area contributed by atoms with E-state index in [1.54, 1.807) is 12.1 Å². The van der Waals surface area contributed by atoms with Crippen molar-refractivity contribution in [2.24, 2.45) is 5.10 Å². The Morgan fingerprint density at radius 2 is 1.62 bits per heavy atom. The summed E-state index contributed by atoms with van der Waals surface area (Å²) in [5.41, 5.74) is -1.18. The van der Waals surface area contributed by atoms with Crippen molar-refractivity contribution in [3.05, 3.63) is 83.9 Å². The highest BCUT2D eigenvalue weighted by Gasteiger charge is 2.63. The molecule has 0 bridgehead atoms. The fourth-order valence-corrected chi connectivity index (χ4v) is 5.43. The standard InChI is InChI=1S/C26H22F7N3O3S/c1-35(10-11-37)40(38,39)20-7-3-5-17(13-20)16-4-2-6-19(12-16)36-23(21-9-8-18(27)14-22(21)28)15-24(34-36)25(29,30)26(31,32)33/h2-9,12-14,23,37H,10-11,15H2,1H3. The Labute approximate surface area is 225 Å². The van der Waals surface area contributed by atoms with Gasteiger partial charge in [-0.15, -0.1) is 0 Å². The number of hydrazone groups is 1. The summed E-state index contributed by atoms with van der Waals surface area (Å²) < 4.78 is 123. The van der Waals surface area contributed by atoms with Crippen LogP contribution < -0.4 is 5.01 Å². The van der Waals surface area contributed by atoms with Gasteiger partial charge in [-0.25, -0.2) is 17.2 Å². The minimum Gasteiger partial charge on any atom is -0.395 e. The van der Waals surface area contributed by atoms with E-state index in [-0.39, 0.29) is 22.7 Å². The van der Waals surface area contributed by atoms with Crippen molar-refractivity contribution >= 4 is 21.4 Å². The van der Waals surface area contributed by atoms with Crippen molar-refractivity contribution in [3.8, 4) is 11.1 Å². The molecule has 0 radical (unpaired) electrons. The summed E-state index contributed by atoms with van der Waals surface area (Å²) in [7, 11) is -2.68. The van der Waals surface area contributed by atoms with E-state index in [2.05, 4.69) is 5.10 Å². The molecule has 0 saturated heterocycles. The molecule has 1 unspecified atom stereocenters. The summed E-state index contributed by atoms with van der Waals surface area (Å²) in [6.07, 6.45) is -6.95. The van der Waals surface area contributed by atoms with Gasteiger partial charge in [0.25, 0.3) is 0 Å². The maximum absolute atomic E-state index is 14.7. The molecular formula is C26H22F7N3O3S. The van der Waals surface area contributed by atoms with Crippen LogP contribution in [0.1, 0.15) is 18.0 Å². The van der Waals surface area contributed by atoms with Crippen molar-refractivity contribution in [2.45, 2.75) is 29.5 Å². The molecular weight excluding hydrogens is 567 g/mol. The number of halogens is 7. The Bertz CT molecular complexity index is 1540. The fourth-order valence-electron chi connectivity index (χ4n) is 4.22. The average Bonchev–Trinajstić information content (AvgIpc) is 3.34. The van der Waals surface area contributed by atoms with Crippen LogP contribution in [-0.4, -0.2) is 55.8 Å². The second-order valence-electron chi connectivity index (χ2n) is 8.98. The molecule has 0 amide bonds. The Morgan fingerprint density at radius 1 is 0.975 bits per heavy atom. The number of aliphatic hydroxyl groups excluding tert-OH is 1. The lowest BCUT2D eigenvalue weighted by atomic mass is 9.97. The normalized spacial score (nSPS) is 16.5. The third kappa shape index (κ3) is 5.56. The molecule has 0 aliphatic carbocycles. The lowest BCUT2D eigenvalue weighted by Gasteiger charge is -2.25. The van der Waals surface area contributed by atoms with Gasteiger partial charge in [-0.1, -0.05) is 30.3 Å². The van der Waals surface area contributed by atoms with Crippen LogP contribution >= 0.6 is 0 Å². The predicted molar refractivity (Wildman–Crippen MR) is 133 cm³/mol. The Morgan fingerprint density at radius 3 is 2.25 bits per heavy atom. The zero-order chi connectivity index (χ0) is 29.5. The molecule has 40 heavy (non-hydrogen) atoms. The Balaban J connectivity index is 1.79. The second-order valence-corrected chi connectivity index (χ2v) is 11.0. The van der Waals surface area contributed by atoms with E-state index >= 15 is 0 Å². The average molecular weight is 590 g/mol. The molecule has 0 aromatic heterocycles. The van der Waals surface area contributed by atoms with E-state index in [0.29, 0.717) is 17.2 Å². The number of likely N-dealkylation sites (N-methyl/N-ethyl adjacent to an activating group) is 1. The van der Waals surface area contributed by atoms with Gasteiger partial charge in [0.1, 0.15) is 17.3 Å². The van der Waals surface area contributed by atoms with Crippen molar-refractivity contribution in [2.75, 3.05) is 25.2 Å². The third-order valence-corrected chi connectivity index (χ3v) is 8.20. The summed E-state index contributed by atoms with van der Waals surface area (Å²) >= 11 is 0. The van der Waals surface area contributed by atoms with Crippen LogP contribution in [0.3, 0.4) is 0 Å². The van der Waals surface area contributed by atoms with Crippen molar-refractivity contribution < 1.29 is 44.3 Å². The quantitative estimate of drug-likeness (QED) is 0.340. The summed E-state index contributed by atoms with van der Waals surface area (Å²) in [5.74, 6) is -7.42. The maximum atomic E-state index is 14.7. The van der Waals surface area contributed by atoms with Crippen LogP contribution in [0, 0.1) is 11.6 Å². The molecule has 1 N–H and O–H groups in total. The van der Waals surface area contributed by atoms with Gasteiger partial charge in [0, 0.05) is 31.6 Å². The van der Waals surface area contributed by atoms with E-state index in [0.717, 1.165) is 21.4 Å². The van der Waals surface area contributed by atoms with Crippen LogP contribution in [0.4, 0.5) is 36.4 Å². The first-order valence-electron chi connectivity index (χ1n) is 11.7. The molecule has 0 spiro atoms. The largest absolute Gasteiger partial charge is 0.459 e. The number of anilines is 1. The molecule has 214 valence electrons. The SMILES string of the molecule is CN(CCO)S(=O)(=O)c1cccc(-c2cccc(N3N=C(C(F)(F)C(F)(F)F)CC3c3ccc(F)cc3F)c2)c1. The summed E-state index contributed by atoms with van der Waals surface area (Å²) in [6.45, 7) is -0.555. The fraction of sp³-hybridized carbons (Fsp3) is 0.269. The van der Waals surface area contributed by atoms with E-state index < -0.39 is 58.5 Å². The first-order chi connectivity index (χ1) is 18.7. The monoisotopic (exact) mass is 589 g/mol. The zero-order valence-electron chi connectivity index (χ0n) is 20.7. The molecule has 1 aliphatic rings. The number of hydrogen-bond acceptors (Lipinski definition) is 5. The molecule has 0 saturated carbocycles. The second kappa shape index (κ2) is 10.8. The van der Waals surface area contributed by atoms with E-state index in [9.17, 15) is 39.2 Å². The van der Waals surface area contributed by atoms with Gasteiger partial charge < -0.3 is 5.11 Å². The molecule has 6 nitrogen and oxygen atoms in total. The minimum atomic E-state index is -5.95. The highest BCUT2D eigenvalue weighted by molar-refractivity contribution is 7.89. The van der Waals surface area contributed by atoms with Crippen LogP contribution in [0.25, 0.3) is 11.1 Å². The first kappa shape index (κ1) is 29.5. The number of sulfonamides is 1. The molecule has 1 heterocycles. The van der Waals surface area contributed by atoms with E-state index in [4.69, 9.17) is 5.11 Å². The van der Waals surface area contributed by atoms with Gasteiger partial charge in [0.2, 0.25) is 10.0 Å². The van der Waals surface area contributed by atoms with Crippen molar-refractivity contribution in [1.82, 2.24) is 4.31 Å². The lowest BCUT2D eigenvalue weighted by molar-refractivity contribution is -0.249. The third-order valence-electron chi connectivity index (χ3n) is 6.35. The number of hydrogen-bond donors (Lipinski definition) is 1. The maximum Gasteiger partial charge on any atom is 0.459 e. The minimum absolute atomic E-state index is 0.00450. The predicted octanol–water partition coefficient (Wildman–Crippen LogP) is 5.75. The lowest BCUT2D eigenvalue weighted by Crippen LogP contribution is -2.43. The number of aliphatic hydroxyl groups is 1. The number of alkyl halides is 5. The molecule has 3 aromatic rings. The van der Waals surface area contributed by atoms with Gasteiger partial charge in [-0.2, -0.15) is 31.4 Å². The van der Waals surface area contributed by atoms with Crippen LogP contribution in [0.2, 0.25) is 0 Å². The molecule has 0 fully saturated rings. The van der Waals surface area contributed by atoms with E-state index in [1.165, 1.54) is 43.4 Å². The van der Waals surface area contributed by atoms with Gasteiger partial charge in [0.05, 0.1) is 23.2 Å². The van der Waals surface area contributed by atoms with Crippen LogP contribution in [-0.2, 0) is 10.0 Å². The molecule has 3 aromatic carbocycles. The van der Waals surface area contributed by atoms with Crippen molar-refractivity contribution in [3.63, 3.8) is 0 Å². The highest BCUT2D eigenvalue weighted by Crippen LogP contribution is 2.45.